The van der Waals surface area contributed by atoms with E-state index in [2.05, 4.69) is 21.2 Å². The summed E-state index contributed by atoms with van der Waals surface area (Å²) in [6.07, 6.45) is -0.801. The molecule has 4 rings (SSSR count). The first-order chi connectivity index (χ1) is 17.5. The number of methoxy groups -OCH3 is 1. The summed E-state index contributed by atoms with van der Waals surface area (Å²) in [5, 5.41) is 1.42. The standard InChI is InChI=1S/C26H26Cl2F3N3O3/c1-15(34-8-6-16(7-9-34)10-23(35)36-3)21-14-32-25(28)20(24(21)27)12-18-11-17-4-5-19(37-26(29,30)31)13-22(17)33(18)2/h4-5,11,13-14,16H,1,6-10,12H2,2-3H3. The summed E-state index contributed by atoms with van der Waals surface area (Å²) in [5.41, 5.74) is 3.34. The predicted octanol–water partition coefficient (Wildman–Crippen LogP) is 6.62. The number of nitrogens with zero attached hydrogens (tertiary/aromatic N) is 3. The molecule has 0 amide bonds. The maximum atomic E-state index is 12.7. The lowest BCUT2D eigenvalue weighted by atomic mass is 9.93. The van der Waals surface area contributed by atoms with E-state index < -0.39 is 6.36 Å². The summed E-state index contributed by atoms with van der Waals surface area (Å²) >= 11 is 13.3. The molecule has 2 aromatic heterocycles. The molecule has 0 atom stereocenters. The number of fused-ring (bicyclic) bond motifs is 1. The number of alkyl halides is 3. The summed E-state index contributed by atoms with van der Waals surface area (Å²) in [6, 6.07) is 6.06. The molecule has 1 fully saturated rings. The molecule has 0 spiro atoms. The molecule has 0 unspecified atom stereocenters. The van der Waals surface area contributed by atoms with Gasteiger partial charge in [-0.15, -0.1) is 13.2 Å². The van der Waals surface area contributed by atoms with Gasteiger partial charge < -0.3 is 18.9 Å². The molecule has 0 bridgehead atoms. The molecule has 3 heterocycles. The SMILES string of the molecule is C=C(c1cnc(Cl)c(Cc2cc3ccc(OC(F)(F)F)cc3n2C)c1Cl)N1CCC(CC(=O)OC)CC1. The highest BCUT2D eigenvalue weighted by Gasteiger charge is 2.31. The molecule has 0 aliphatic carbocycles. The maximum Gasteiger partial charge on any atom is 0.573 e. The molecule has 1 aliphatic heterocycles. The molecule has 3 aromatic rings. The van der Waals surface area contributed by atoms with Crippen LogP contribution in [0.25, 0.3) is 16.6 Å². The zero-order valence-electron chi connectivity index (χ0n) is 20.4. The second kappa shape index (κ2) is 10.8. The van der Waals surface area contributed by atoms with Crippen molar-refractivity contribution in [1.82, 2.24) is 14.5 Å². The molecule has 0 N–H and O–H groups in total. The van der Waals surface area contributed by atoms with E-state index >= 15 is 0 Å². The van der Waals surface area contributed by atoms with Crippen molar-refractivity contribution in [2.45, 2.75) is 32.0 Å². The topological polar surface area (TPSA) is 56.6 Å². The van der Waals surface area contributed by atoms with Crippen molar-refractivity contribution >= 4 is 45.8 Å². The Morgan fingerprint density at radius 3 is 2.57 bits per heavy atom. The Morgan fingerprint density at radius 1 is 1.22 bits per heavy atom. The predicted molar refractivity (Wildman–Crippen MR) is 137 cm³/mol. The average Bonchev–Trinajstić information content (AvgIpc) is 3.15. The van der Waals surface area contributed by atoms with E-state index in [4.69, 9.17) is 27.9 Å². The van der Waals surface area contributed by atoms with Gasteiger partial charge in [0.1, 0.15) is 10.9 Å². The van der Waals surface area contributed by atoms with Crippen LogP contribution in [0.2, 0.25) is 10.2 Å². The summed E-state index contributed by atoms with van der Waals surface area (Å²) in [6.45, 7) is 5.68. The highest BCUT2D eigenvalue weighted by Crippen LogP contribution is 2.36. The molecule has 37 heavy (non-hydrogen) atoms. The van der Waals surface area contributed by atoms with E-state index in [0.717, 1.165) is 42.7 Å². The van der Waals surface area contributed by atoms with Crippen molar-refractivity contribution in [3.8, 4) is 5.75 Å². The third kappa shape index (κ3) is 6.15. The van der Waals surface area contributed by atoms with Crippen LogP contribution in [0.3, 0.4) is 0 Å². The van der Waals surface area contributed by atoms with Crippen LogP contribution in [-0.4, -0.2) is 47.0 Å². The lowest BCUT2D eigenvalue weighted by molar-refractivity contribution is -0.274. The van der Waals surface area contributed by atoms with Crippen LogP contribution in [0.15, 0.2) is 37.0 Å². The van der Waals surface area contributed by atoms with E-state index in [-0.39, 0.29) is 22.8 Å². The number of piperidine rings is 1. The largest absolute Gasteiger partial charge is 0.573 e. The van der Waals surface area contributed by atoms with E-state index in [1.54, 1.807) is 23.9 Å². The first kappa shape index (κ1) is 27.1. The number of esters is 1. The Hall–Kier alpha value is -2.91. The fraction of sp³-hybridized carbons (Fsp3) is 0.385. The van der Waals surface area contributed by atoms with E-state index in [9.17, 15) is 18.0 Å². The lowest BCUT2D eigenvalue weighted by Gasteiger charge is -2.34. The minimum Gasteiger partial charge on any atom is -0.469 e. The number of aromatic nitrogens is 2. The Bertz CT molecular complexity index is 1330. The summed E-state index contributed by atoms with van der Waals surface area (Å²) in [5.74, 6) is -0.233. The van der Waals surface area contributed by atoms with Gasteiger partial charge in [0, 0.05) is 73.1 Å². The number of likely N-dealkylation sites (tertiary alicyclic amines) is 1. The van der Waals surface area contributed by atoms with Crippen molar-refractivity contribution in [3.63, 3.8) is 0 Å². The molecule has 11 heteroatoms. The molecule has 0 radical (unpaired) electrons. The van der Waals surface area contributed by atoms with Crippen LogP contribution in [0.5, 0.6) is 5.75 Å². The van der Waals surface area contributed by atoms with Crippen LogP contribution < -0.4 is 4.74 Å². The number of hydrogen-bond acceptors (Lipinski definition) is 5. The molecule has 6 nitrogen and oxygen atoms in total. The Kier molecular flexibility index (Phi) is 7.94. The Labute approximate surface area is 222 Å². The van der Waals surface area contributed by atoms with Crippen molar-refractivity contribution in [2.75, 3.05) is 20.2 Å². The van der Waals surface area contributed by atoms with Gasteiger partial charge >= 0.3 is 12.3 Å². The van der Waals surface area contributed by atoms with Gasteiger partial charge in [-0.1, -0.05) is 29.8 Å². The Balaban J connectivity index is 1.54. The van der Waals surface area contributed by atoms with Crippen LogP contribution >= 0.6 is 23.2 Å². The van der Waals surface area contributed by atoms with Crippen molar-refractivity contribution in [1.29, 1.82) is 0 Å². The number of carbonyl (C=O) groups is 1. The number of pyridine rings is 1. The van der Waals surface area contributed by atoms with E-state index in [1.807, 2.05) is 6.07 Å². The minimum absolute atomic E-state index is 0.204. The monoisotopic (exact) mass is 555 g/mol. The van der Waals surface area contributed by atoms with Crippen molar-refractivity contribution < 1.29 is 27.4 Å². The first-order valence-electron chi connectivity index (χ1n) is 11.6. The number of rotatable bonds is 7. The zero-order chi connectivity index (χ0) is 26.9. The summed E-state index contributed by atoms with van der Waals surface area (Å²) in [7, 11) is 3.15. The van der Waals surface area contributed by atoms with Gasteiger partial charge in [0.25, 0.3) is 0 Å². The third-order valence-electron chi connectivity index (χ3n) is 6.76. The van der Waals surface area contributed by atoms with Gasteiger partial charge in [-0.3, -0.25) is 4.79 Å². The van der Waals surface area contributed by atoms with Gasteiger partial charge in [0.2, 0.25) is 0 Å². The number of carbonyl (C=O) groups excluding carboxylic acids is 1. The van der Waals surface area contributed by atoms with Crippen molar-refractivity contribution in [2.24, 2.45) is 13.0 Å². The molecular weight excluding hydrogens is 530 g/mol. The van der Waals surface area contributed by atoms with Gasteiger partial charge in [-0.05, 0) is 37.0 Å². The third-order valence-corrected chi connectivity index (χ3v) is 7.51. The van der Waals surface area contributed by atoms with Crippen LogP contribution in [0, 0.1) is 5.92 Å². The molecular formula is C26H26Cl2F3N3O3. The Morgan fingerprint density at radius 2 is 1.92 bits per heavy atom. The summed E-state index contributed by atoms with van der Waals surface area (Å²) in [4.78, 5) is 18.0. The van der Waals surface area contributed by atoms with E-state index in [1.165, 1.54) is 19.2 Å². The highest BCUT2D eigenvalue weighted by molar-refractivity contribution is 6.36. The maximum absolute atomic E-state index is 12.7. The number of halogens is 5. The van der Waals surface area contributed by atoms with Crippen LogP contribution in [-0.2, 0) is 23.0 Å². The molecule has 1 saturated heterocycles. The van der Waals surface area contributed by atoms with E-state index in [0.29, 0.717) is 34.5 Å². The zero-order valence-corrected chi connectivity index (χ0v) is 21.9. The molecule has 0 saturated carbocycles. The van der Waals surface area contributed by atoms with Gasteiger partial charge in [0.15, 0.2) is 0 Å². The van der Waals surface area contributed by atoms with Gasteiger partial charge in [-0.25, -0.2) is 4.98 Å². The second-order valence-corrected chi connectivity index (χ2v) is 9.79. The minimum atomic E-state index is -4.77. The first-order valence-corrected chi connectivity index (χ1v) is 12.4. The number of benzene rings is 1. The lowest BCUT2D eigenvalue weighted by Crippen LogP contribution is -2.33. The van der Waals surface area contributed by atoms with Crippen LogP contribution in [0.4, 0.5) is 13.2 Å². The fourth-order valence-corrected chi connectivity index (χ4v) is 5.24. The molecule has 1 aromatic carbocycles. The number of aryl methyl sites for hydroxylation is 1. The van der Waals surface area contributed by atoms with Crippen LogP contribution in [0.1, 0.15) is 36.1 Å². The van der Waals surface area contributed by atoms with Gasteiger partial charge in [0.05, 0.1) is 17.6 Å². The number of hydrogen-bond donors (Lipinski definition) is 0. The average molecular weight is 556 g/mol. The molecule has 198 valence electrons. The summed E-state index contributed by atoms with van der Waals surface area (Å²) < 4.78 is 48.6. The van der Waals surface area contributed by atoms with Crippen molar-refractivity contribution in [3.05, 3.63) is 64.0 Å². The second-order valence-electron chi connectivity index (χ2n) is 9.05. The number of ether oxygens (including phenoxy) is 2. The smallest absolute Gasteiger partial charge is 0.469 e. The quantitative estimate of drug-likeness (QED) is 0.242. The highest BCUT2D eigenvalue weighted by atomic mass is 35.5. The fourth-order valence-electron chi connectivity index (χ4n) is 4.67. The van der Waals surface area contributed by atoms with Gasteiger partial charge in [-0.2, -0.15) is 0 Å². The molecule has 1 aliphatic rings. The normalized spacial score (nSPS) is 14.7.